The van der Waals surface area contributed by atoms with E-state index in [2.05, 4.69) is 12.2 Å². The second-order valence-corrected chi connectivity index (χ2v) is 7.94. The highest BCUT2D eigenvalue weighted by atomic mass is 16.5. The highest BCUT2D eigenvalue weighted by Crippen LogP contribution is 2.33. The van der Waals surface area contributed by atoms with Crippen LogP contribution in [0.2, 0.25) is 0 Å². The van der Waals surface area contributed by atoms with Crippen LogP contribution in [-0.2, 0) is 9.59 Å². The zero-order chi connectivity index (χ0) is 22.7. The van der Waals surface area contributed by atoms with E-state index in [1.165, 1.54) is 11.1 Å². The quantitative estimate of drug-likeness (QED) is 0.591. The first kappa shape index (κ1) is 21.4. The summed E-state index contributed by atoms with van der Waals surface area (Å²) in [7, 11) is 1.57. The fraction of sp³-hybridized carbons (Fsp3) is 0.231. The number of nitrogens with one attached hydrogen (secondary N) is 1. The maximum Gasteiger partial charge on any atom is 0.229 e. The van der Waals surface area contributed by atoms with Crippen LogP contribution >= 0.6 is 0 Å². The second-order valence-electron chi connectivity index (χ2n) is 7.94. The molecule has 0 aromatic heterocycles. The van der Waals surface area contributed by atoms with E-state index in [0.717, 1.165) is 5.75 Å². The summed E-state index contributed by atoms with van der Waals surface area (Å²) in [5.74, 6) is 1.36. The lowest BCUT2D eigenvalue weighted by molar-refractivity contribution is -0.122. The first-order chi connectivity index (χ1) is 15.4. The number of para-hydroxylation sites is 2. The predicted octanol–water partition coefficient (Wildman–Crippen LogP) is 5.10. The van der Waals surface area contributed by atoms with Gasteiger partial charge in [0, 0.05) is 18.7 Å². The van der Waals surface area contributed by atoms with Crippen LogP contribution in [0.15, 0.2) is 66.7 Å². The molecule has 0 bridgehead atoms. The van der Waals surface area contributed by atoms with Crippen molar-refractivity contribution in [2.24, 2.45) is 5.92 Å². The molecule has 32 heavy (non-hydrogen) atoms. The van der Waals surface area contributed by atoms with Gasteiger partial charge in [-0.2, -0.15) is 0 Å². The fourth-order valence-electron chi connectivity index (χ4n) is 3.73. The predicted molar refractivity (Wildman–Crippen MR) is 125 cm³/mol. The monoisotopic (exact) mass is 430 g/mol. The average Bonchev–Trinajstić information content (AvgIpc) is 3.19. The molecule has 0 spiro atoms. The molecule has 2 amide bonds. The summed E-state index contributed by atoms with van der Waals surface area (Å²) in [5, 5.41) is 2.91. The molecule has 164 valence electrons. The minimum absolute atomic E-state index is 0.0909. The average molecular weight is 431 g/mol. The zero-order valence-electron chi connectivity index (χ0n) is 18.4. The van der Waals surface area contributed by atoms with Crippen LogP contribution in [0.3, 0.4) is 0 Å². The van der Waals surface area contributed by atoms with Gasteiger partial charge in [-0.3, -0.25) is 9.59 Å². The van der Waals surface area contributed by atoms with E-state index in [1.807, 2.05) is 55.5 Å². The molecule has 6 nitrogen and oxygen atoms in total. The molecule has 0 radical (unpaired) electrons. The van der Waals surface area contributed by atoms with Crippen molar-refractivity contribution in [3.8, 4) is 17.2 Å². The van der Waals surface area contributed by atoms with Crippen molar-refractivity contribution in [1.29, 1.82) is 0 Å². The van der Waals surface area contributed by atoms with Crippen LogP contribution in [0, 0.1) is 19.8 Å². The third-order valence-electron chi connectivity index (χ3n) is 5.71. The second kappa shape index (κ2) is 9.14. The molecule has 0 unspecified atom stereocenters. The van der Waals surface area contributed by atoms with Crippen molar-refractivity contribution in [1.82, 2.24) is 0 Å². The van der Waals surface area contributed by atoms with E-state index in [4.69, 9.17) is 9.47 Å². The van der Waals surface area contributed by atoms with E-state index < -0.39 is 5.92 Å². The Morgan fingerprint density at radius 1 is 0.969 bits per heavy atom. The van der Waals surface area contributed by atoms with Crippen molar-refractivity contribution in [2.75, 3.05) is 23.9 Å². The largest absolute Gasteiger partial charge is 0.495 e. The number of hydrogen-bond acceptors (Lipinski definition) is 4. The number of carbonyl (C=O) groups excluding carboxylic acids is 2. The molecular weight excluding hydrogens is 404 g/mol. The molecule has 1 saturated heterocycles. The lowest BCUT2D eigenvalue weighted by atomic mass is 10.1. The Balaban J connectivity index is 1.38. The molecule has 1 heterocycles. The maximum atomic E-state index is 12.8. The minimum Gasteiger partial charge on any atom is -0.495 e. The van der Waals surface area contributed by atoms with E-state index >= 15 is 0 Å². The third kappa shape index (κ3) is 4.59. The van der Waals surface area contributed by atoms with E-state index in [9.17, 15) is 9.59 Å². The number of benzene rings is 3. The first-order valence-corrected chi connectivity index (χ1v) is 10.5. The summed E-state index contributed by atoms with van der Waals surface area (Å²) in [4.78, 5) is 26.9. The number of aryl methyl sites for hydroxylation is 2. The lowest BCUT2D eigenvalue weighted by Crippen LogP contribution is -2.28. The molecule has 3 aromatic carbocycles. The molecule has 1 aliphatic heterocycles. The van der Waals surface area contributed by atoms with Crippen LogP contribution < -0.4 is 19.7 Å². The summed E-state index contributed by atoms with van der Waals surface area (Å²) in [6.45, 7) is 4.42. The molecule has 3 aromatic rings. The highest BCUT2D eigenvalue weighted by Gasteiger charge is 2.36. The van der Waals surface area contributed by atoms with Gasteiger partial charge in [0.1, 0.15) is 17.2 Å². The number of anilines is 2. The van der Waals surface area contributed by atoms with Crippen LogP contribution in [-0.4, -0.2) is 25.5 Å². The number of hydrogen-bond donors (Lipinski definition) is 1. The van der Waals surface area contributed by atoms with Crippen LogP contribution in [0.25, 0.3) is 0 Å². The van der Waals surface area contributed by atoms with Gasteiger partial charge in [-0.05, 0) is 73.5 Å². The van der Waals surface area contributed by atoms with Gasteiger partial charge in [-0.15, -0.1) is 0 Å². The number of carbonyl (C=O) groups is 2. The maximum absolute atomic E-state index is 12.8. The van der Waals surface area contributed by atoms with E-state index in [0.29, 0.717) is 29.4 Å². The fourth-order valence-corrected chi connectivity index (χ4v) is 3.73. The van der Waals surface area contributed by atoms with Crippen LogP contribution in [0.5, 0.6) is 17.2 Å². The van der Waals surface area contributed by atoms with Gasteiger partial charge in [0.05, 0.1) is 18.7 Å². The molecule has 0 aliphatic carbocycles. The third-order valence-corrected chi connectivity index (χ3v) is 5.71. The standard InChI is InChI=1S/C26H26N2O4/c1-17-8-11-22(14-18(17)2)32-21-12-9-20(10-13-21)27-26(30)19-15-25(29)28(16-19)23-6-4-5-7-24(23)31-3/h4-14,19H,15-16H2,1-3H3,(H,27,30)/t19-/m0/s1. The zero-order valence-corrected chi connectivity index (χ0v) is 18.4. The number of ether oxygens (including phenoxy) is 2. The molecule has 1 fully saturated rings. The molecular formula is C26H26N2O4. The van der Waals surface area contributed by atoms with E-state index in [1.54, 1.807) is 30.2 Å². The van der Waals surface area contributed by atoms with Crippen molar-refractivity contribution < 1.29 is 19.1 Å². The molecule has 0 saturated carbocycles. The van der Waals surface area contributed by atoms with Gasteiger partial charge in [-0.25, -0.2) is 0 Å². The number of methoxy groups -OCH3 is 1. The molecule has 1 atom stereocenters. The SMILES string of the molecule is COc1ccccc1N1C[C@@H](C(=O)Nc2ccc(Oc3ccc(C)c(C)c3)cc2)CC1=O. The van der Waals surface area contributed by atoms with Gasteiger partial charge in [0.25, 0.3) is 0 Å². The van der Waals surface area contributed by atoms with Gasteiger partial charge >= 0.3 is 0 Å². The Labute approximate surface area is 187 Å². The smallest absolute Gasteiger partial charge is 0.229 e. The van der Waals surface area contributed by atoms with Gasteiger partial charge in [0.15, 0.2) is 0 Å². The van der Waals surface area contributed by atoms with Crippen molar-refractivity contribution in [3.63, 3.8) is 0 Å². The Morgan fingerprint density at radius 2 is 1.69 bits per heavy atom. The molecule has 4 rings (SSSR count). The summed E-state index contributed by atoms with van der Waals surface area (Å²) < 4.78 is 11.3. The van der Waals surface area contributed by atoms with Gasteiger partial charge in [-0.1, -0.05) is 18.2 Å². The number of amides is 2. The minimum atomic E-state index is -0.432. The first-order valence-electron chi connectivity index (χ1n) is 10.5. The topological polar surface area (TPSA) is 67.9 Å². The summed E-state index contributed by atoms with van der Waals surface area (Å²) >= 11 is 0. The van der Waals surface area contributed by atoms with Crippen molar-refractivity contribution in [2.45, 2.75) is 20.3 Å². The molecule has 1 N–H and O–H groups in total. The molecule has 6 heteroatoms. The van der Waals surface area contributed by atoms with Crippen molar-refractivity contribution in [3.05, 3.63) is 77.9 Å². The van der Waals surface area contributed by atoms with Crippen LogP contribution in [0.4, 0.5) is 11.4 Å². The molecule has 1 aliphatic rings. The number of nitrogens with zero attached hydrogens (tertiary/aromatic N) is 1. The highest BCUT2D eigenvalue weighted by molar-refractivity contribution is 6.04. The lowest BCUT2D eigenvalue weighted by Gasteiger charge is -2.19. The number of rotatable bonds is 6. The normalized spacial score (nSPS) is 15.5. The van der Waals surface area contributed by atoms with Crippen molar-refractivity contribution >= 4 is 23.2 Å². The summed E-state index contributed by atoms with van der Waals surface area (Å²) in [5.41, 5.74) is 3.72. The Hall–Kier alpha value is -3.80. The van der Waals surface area contributed by atoms with Crippen LogP contribution in [0.1, 0.15) is 17.5 Å². The summed E-state index contributed by atoms with van der Waals surface area (Å²) in [6.07, 6.45) is 0.165. The van der Waals surface area contributed by atoms with Gasteiger partial charge < -0.3 is 19.7 Å². The van der Waals surface area contributed by atoms with E-state index in [-0.39, 0.29) is 18.2 Å². The summed E-state index contributed by atoms with van der Waals surface area (Å²) in [6, 6.07) is 20.5. The van der Waals surface area contributed by atoms with Gasteiger partial charge in [0.2, 0.25) is 11.8 Å². The Morgan fingerprint density at radius 3 is 2.41 bits per heavy atom. The Kier molecular flexibility index (Phi) is 6.12. The Bertz CT molecular complexity index is 1140.